The number of hydrogen-bond donors (Lipinski definition) is 2. The highest BCUT2D eigenvalue weighted by atomic mass is 35.5. The van der Waals surface area contributed by atoms with Crippen LogP contribution in [0.25, 0.3) is 0 Å². The largest absolute Gasteiger partial charge is 0.506 e. The monoisotopic (exact) mass is 239 g/mol. The fourth-order valence-electron chi connectivity index (χ4n) is 2.31. The zero-order chi connectivity index (χ0) is 11.5. The average molecular weight is 240 g/mol. The molecule has 1 aliphatic heterocycles. The molecule has 1 fully saturated rings. The molecule has 1 atom stereocenters. The first-order valence-corrected chi connectivity index (χ1v) is 6.26. The molecule has 1 aromatic carbocycles. The van der Waals surface area contributed by atoms with Crippen molar-refractivity contribution in [3.8, 4) is 5.75 Å². The second-order valence-electron chi connectivity index (χ2n) is 4.59. The molecule has 1 heterocycles. The lowest BCUT2D eigenvalue weighted by Crippen LogP contribution is -2.35. The van der Waals surface area contributed by atoms with Crippen molar-refractivity contribution in [2.45, 2.75) is 38.6 Å². The Morgan fingerprint density at radius 3 is 2.88 bits per heavy atom. The maximum absolute atomic E-state index is 9.59. The Bertz CT molecular complexity index is 349. The number of benzene rings is 1. The van der Waals surface area contributed by atoms with Gasteiger partial charge in [0.05, 0.1) is 5.02 Å². The van der Waals surface area contributed by atoms with Crippen LogP contribution in [0.15, 0.2) is 12.1 Å². The smallest absolute Gasteiger partial charge is 0.137 e. The van der Waals surface area contributed by atoms with Crippen molar-refractivity contribution in [1.82, 2.24) is 5.32 Å². The summed E-state index contributed by atoms with van der Waals surface area (Å²) in [5, 5.41) is 13.6. The van der Waals surface area contributed by atoms with Crippen molar-refractivity contribution in [3.05, 3.63) is 28.3 Å². The highest BCUT2D eigenvalue weighted by Gasteiger charge is 2.14. The molecule has 88 valence electrons. The van der Waals surface area contributed by atoms with Crippen LogP contribution in [-0.4, -0.2) is 17.7 Å². The lowest BCUT2D eigenvalue weighted by Gasteiger charge is -2.23. The molecule has 1 aliphatic rings. The number of nitrogens with one attached hydrogen (secondary N) is 1. The number of hydrogen-bond acceptors (Lipinski definition) is 2. The molecule has 1 aromatic rings. The van der Waals surface area contributed by atoms with Crippen LogP contribution in [0.2, 0.25) is 5.02 Å². The third-order valence-electron chi connectivity index (χ3n) is 3.21. The van der Waals surface area contributed by atoms with Crippen LogP contribution in [0.5, 0.6) is 5.75 Å². The maximum atomic E-state index is 9.59. The Morgan fingerprint density at radius 1 is 1.44 bits per heavy atom. The van der Waals surface area contributed by atoms with E-state index in [2.05, 4.69) is 5.32 Å². The molecule has 2 nitrogen and oxygen atoms in total. The molecule has 2 N–H and O–H groups in total. The Hall–Kier alpha value is -0.730. The first-order chi connectivity index (χ1) is 7.66. The van der Waals surface area contributed by atoms with E-state index in [4.69, 9.17) is 11.6 Å². The van der Waals surface area contributed by atoms with Crippen molar-refractivity contribution >= 4 is 11.6 Å². The Labute approximate surface area is 102 Å². The summed E-state index contributed by atoms with van der Waals surface area (Å²) in [5.41, 5.74) is 2.07. The molecule has 0 aromatic heterocycles. The van der Waals surface area contributed by atoms with Crippen LogP contribution in [0.3, 0.4) is 0 Å². The quantitative estimate of drug-likeness (QED) is 0.832. The van der Waals surface area contributed by atoms with E-state index >= 15 is 0 Å². The number of phenolic OH excluding ortho intramolecular Hbond substituents is 1. The van der Waals surface area contributed by atoms with Gasteiger partial charge in [-0.2, -0.15) is 0 Å². The third kappa shape index (κ3) is 2.69. The van der Waals surface area contributed by atoms with E-state index in [0.29, 0.717) is 11.1 Å². The molecule has 1 saturated heterocycles. The lowest BCUT2D eigenvalue weighted by molar-refractivity contribution is 0.399. The molecule has 0 spiro atoms. The lowest BCUT2D eigenvalue weighted by atomic mass is 9.97. The molecule has 0 aliphatic carbocycles. The Morgan fingerprint density at radius 2 is 2.25 bits per heavy atom. The summed E-state index contributed by atoms with van der Waals surface area (Å²) in [7, 11) is 0. The predicted octanol–water partition coefficient (Wildman–Crippen LogP) is 3.04. The number of halogens is 1. The van der Waals surface area contributed by atoms with E-state index in [1.165, 1.54) is 24.8 Å². The van der Waals surface area contributed by atoms with E-state index in [-0.39, 0.29) is 5.75 Å². The van der Waals surface area contributed by atoms with Crippen molar-refractivity contribution in [2.24, 2.45) is 0 Å². The van der Waals surface area contributed by atoms with Gasteiger partial charge >= 0.3 is 0 Å². The predicted molar refractivity (Wildman–Crippen MR) is 67.2 cm³/mol. The Kier molecular flexibility index (Phi) is 3.72. The Balaban J connectivity index is 2.09. The summed E-state index contributed by atoms with van der Waals surface area (Å²) in [5.74, 6) is 0.210. The fraction of sp³-hybridized carbons (Fsp3) is 0.538. The highest BCUT2D eigenvalue weighted by Crippen LogP contribution is 2.29. The molecule has 1 unspecified atom stereocenters. The minimum absolute atomic E-state index is 0.210. The maximum Gasteiger partial charge on any atom is 0.137 e. The second kappa shape index (κ2) is 5.07. The summed E-state index contributed by atoms with van der Waals surface area (Å²) in [6, 6.07) is 4.46. The van der Waals surface area contributed by atoms with Crippen molar-refractivity contribution < 1.29 is 5.11 Å². The summed E-state index contributed by atoms with van der Waals surface area (Å²) in [6.45, 7) is 3.01. The molecule has 0 amide bonds. The van der Waals surface area contributed by atoms with Crippen LogP contribution in [0.4, 0.5) is 0 Å². The van der Waals surface area contributed by atoms with E-state index < -0.39 is 0 Å². The molecule has 0 radical (unpaired) electrons. The van der Waals surface area contributed by atoms with Crippen LogP contribution in [-0.2, 0) is 6.42 Å². The zero-order valence-corrected chi connectivity index (χ0v) is 10.3. The van der Waals surface area contributed by atoms with E-state index in [1.807, 2.05) is 19.1 Å². The topological polar surface area (TPSA) is 32.3 Å². The minimum Gasteiger partial charge on any atom is -0.506 e. The highest BCUT2D eigenvalue weighted by molar-refractivity contribution is 6.32. The van der Waals surface area contributed by atoms with E-state index in [9.17, 15) is 5.11 Å². The summed E-state index contributed by atoms with van der Waals surface area (Å²) in [4.78, 5) is 0. The van der Waals surface area contributed by atoms with Gasteiger partial charge in [-0.15, -0.1) is 0 Å². The van der Waals surface area contributed by atoms with Gasteiger partial charge in [-0.25, -0.2) is 0 Å². The van der Waals surface area contributed by atoms with Crippen LogP contribution in [0.1, 0.15) is 30.4 Å². The molecule has 0 saturated carbocycles. The number of aryl methyl sites for hydroxylation is 1. The number of aromatic hydroxyl groups is 1. The first-order valence-electron chi connectivity index (χ1n) is 5.88. The van der Waals surface area contributed by atoms with Crippen molar-refractivity contribution in [3.63, 3.8) is 0 Å². The molecule has 16 heavy (non-hydrogen) atoms. The van der Waals surface area contributed by atoms with Crippen molar-refractivity contribution in [2.75, 3.05) is 6.54 Å². The second-order valence-corrected chi connectivity index (χ2v) is 5.00. The molecule has 2 rings (SSSR count). The van der Waals surface area contributed by atoms with Gasteiger partial charge in [0.25, 0.3) is 0 Å². The number of piperidine rings is 1. The molecule has 3 heteroatoms. The van der Waals surface area contributed by atoms with Gasteiger partial charge < -0.3 is 10.4 Å². The standard InChI is InChI=1S/C13H18ClNO/c1-9-6-10(8-12(14)13(9)16)7-11-4-2-3-5-15-11/h6,8,11,15-16H,2-5,7H2,1H3. The first kappa shape index (κ1) is 11.7. The summed E-state index contributed by atoms with van der Waals surface area (Å²) >= 11 is 5.97. The normalized spacial score (nSPS) is 21.0. The van der Waals surface area contributed by atoms with Gasteiger partial charge in [0.1, 0.15) is 5.75 Å². The summed E-state index contributed by atoms with van der Waals surface area (Å²) < 4.78 is 0. The number of rotatable bonds is 2. The van der Waals surface area contributed by atoms with Crippen LogP contribution < -0.4 is 5.32 Å². The van der Waals surface area contributed by atoms with E-state index in [0.717, 1.165) is 18.5 Å². The van der Waals surface area contributed by atoms with E-state index in [1.54, 1.807) is 0 Å². The van der Waals surface area contributed by atoms with Gasteiger partial charge in [0.2, 0.25) is 0 Å². The van der Waals surface area contributed by atoms with Gasteiger partial charge in [0, 0.05) is 6.04 Å². The van der Waals surface area contributed by atoms with Crippen molar-refractivity contribution in [1.29, 1.82) is 0 Å². The average Bonchev–Trinajstić information content (AvgIpc) is 2.27. The van der Waals surface area contributed by atoms with Gasteiger partial charge in [0.15, 0.2) is 0 Å². The number of phenols is 1. The minimum atomic E-state index is 0.210. The molecular weight excluding hydrogens is 222 g/mol. The zero-order valence-electron chi connectivity index (χ0n) is 9.59. The van der Waals surface area contributed by atoms with Crippen LogP contribution in [0, 0.1) is 6.92 Å². The fourth-order valence-corrected chi connectivity index (χ4v) is 2.60. The molecular formula is C13H18ClNO. The van der Waals surface area contributed by atoms with Gasteiger partial charge in [-0.3, -0.25) is 0 Å². The summed E-state index contributed by atoms with van der Waals surface area (Å²) in [6.07, 6.45) is 4.83. The molecule has 0 bridgehead atoms. The SMILES string of the molecule is Cc1cc(CC2CCCCN2)cc(Cl)c1O. The van der Waals surface area contributed by atoms with Gasteiger partial charge in [-0.1, -0.05) is 24.1 Å². The van der Waals surface area contributed by atoms with Crippen LogP contribution >= 0.6 is 11.6 Å². The van der Waals surface area contributed by atoms with Gasteiger partial charge in [-0.05, 0) is 49.9 Å². The third-order valence-corrected chi connectivity index (χ3v) is 3.50.